The van der Waals surface area contributed by atoms with Crippen molar-refractivity contribution in [1.82, 2.24) is 0 Å². The maximum absolute atomic E-state index is 10.2. The predicted octanol–water partition coefficient (Wildman–Crippen LogP) is 14.1. The molecule has 0 atom stereocenters. The van der Waals surface area contributed by atoms with Gasteiger partial charge in [0, 0.05) is 0 Å². The third-order valence-electron chi connectivity index (χ3n) is 8.84. The molecule has 0 aromatic heterocycles. The summed E-state index contributed by atoms with van der Waals surface area (Å²) in [4.78, 5) is 0. The van der Waals surface area contributed by atoms with Crippen molar-refractivity contribution in [3.05, 3.63) is 194 Å². The van der Waals surface area contributed by atoms with E-state index in [0.29, 0.717) is 0 Å². The van der Waals surface area contributed by atoms with Crippen molar-refractivity contribution in [1.29, 1.82) is 0 Å². The van der Waals surface area contributed by atoms with E-state index in [4.69, 9.17) is 16.4 Å². The van der Waals surface area contributed by atoms with Crippen LogP contribution < -0.4 is 0 Å². The van der Waals surface area contributed by atoms with Gasteiger partial charge in [-0.3, -0.25) is 0 Å². The summed E-state index contributed by atoms with van der Waals surface area (Å²) in [5, 5.41) is -1.84. The molecule has 0 aliphatic carbocycles. The maximum Gasteiger partial charge on any atom is 0.0636 e. The van der Waals surface area contributed by atoms with E-state index >= 15 is 0 Å². The van der Waals surface area contributed by atoms with Crippen LogP contribution in [-0.2, 0) is 0 Å². The molecule has 0 aliphatic rings. The van der Waals surface area contributed by atoms with Crippen molar-refractivity contribution in [2.24, 2.45) is 0 Å². The van der Waals surface area contributed by atoms with Gasteiger partial charge in [-0.05, 0) is 110 Å². The Morgan fingerprint density at radius 3 is 1.74 bits per heavy atom. The summed E-state index contributed by atoms with van der Waals surface area (Å²) in [6.45, 7) is 0. The number of fused-ring (bicyclic) bond motifs is 5. The Morgan fingerprint density at radius 2 is 0.900 bits per heavy atom. The minimum Gasteiger partial charge on any atom is -0.0616 e. The molecule has 0 saturated heterocycles. The lowest BCUT2D eigenvalue weighted by Gasteiger charge is -2.19. The van der Waals surface area contributed by atoms with Gasteiger partial charge in [0.1, 0.15) is 0 Å². The van der Waals surface area contributed by atoms with Crippen molar-refractivity contribution in [2.75, 3.05) is 0 Å². The van der Waals surface area contributed by atoms with E-state index in [1.54, 1.807) is 24.3 Å². The summed E-state index contributed by atoms with van der Waals surface area (Å²) in [5.74, 6) is 0. The van der Waals surface area contributed by atoms with E-state index in [9.17, 15) is 12.3 Å². The summed E-state index contributed by atoms with van der Waals surface area (Å²) in [5.41, 5.74) is -0.837. The largest absolute Gasteiger partial charge is 0.0636 e. The van der Waals surface area contributed by atoms with Gasteiger partial charge in [0.2, 0.25) is 0 Å². The predicted molar refractivity (Wildman–Crippen MR) is 216 cm³/mol. The Bertz CT molecular complexity index is 4090. The van der Waals surface area contributed by atoms with Gasteiger partial charge in [0.15, 0.2) is 0 Å². The van der Waals surface area contributed by atoms with E-state index in [-0.39, 0.29) is 21.9 Å². The van der Waals surface area contributed by atoms with Gasteiger partial charge in [0.25, 0.3) is 0 Å². The smallest absolute Gasteiger partial charge is 0.0616 e. The average molecular weight is 654 g/mol. The molecule has 0 fully saturated rings. The molecule has 10 rings (SSSR count). The van der Waals surface area contributed by atoms with Crippen LogP contribution in [0.4, 0.5) is 0 Å². The molecule has 0 nitrogen and oxygen atoms in total. The SMILES string of the molecule is [2H]c1c([2H])c([2H])c2c([2H])c(-c3c4c([2H])c([2H])c([2H])c([2H])c4c(-c4ccc(-c5cccc6ccccc56)cc4)c4c([2H])c([2H])c(-c5c([2H])c([2H])c([2H])c6c([2H])c([2H])c([2H])c([2H])c56)c([2H])c34)c([2H])c([2H])c2c1[2H]. The molecule has 10 aromatic rings. The van der Waals surface area contributed by atoms with Gasteiger partial charge in [-0.25, -0.2) is 0 Å². The molecule has 0 bridgehead atoms. The lowest BCUT2D eigenvalue weighted by molar-refractivity contribution is 1.63. The quantitative estimate of drug-likeness (QED) is 0.166. The van der Waals surface area contributed by atoms with Crippen LogP contribution in [0.15, 0.2) is 194 Å². The van der Waals surface area contributed by atoms with Crippen LogP contribution in [-0.4, -0.2) is 0 Å². The van der Waals surface area contributed by atoms with Crippen molar-refractivity contribution in [3.8, 4) is 44.5 Å². The first-order valence-corrected chi connectivity index (χ1v) is 15.6. The molecule has 50 heavy (non-hydrogen) atoms. The fourth-order valence-corrected chi connectivity index (χ4v) is 6.58. The zero-order valence-corrected chi connectivity index (χ0v) is 25.9. The normalized spacial score (nSPS) is 17.5. The first-order valence-electron chi connectivity index (χ1n) is 26.1. The molecule has 0 amide bonds. The standard InChI is InChI=1S/C50H32/c1-2-14-38-31-40(28-23-33(38)11-1)50-46-20-8-7-19-45(46)49(37-26-24-36(25-27-37)43-21-9-15-34-12-3-5-17-41(34)43)47-30-29-39(32-48(47)50)44-22-10-16-35-13-4-6-18-42(35)44/h1-32H/i1D,2D,4D,6D,7D,8D,10D,11D,13D,14D,16D,18D,19D,20D,22D,23D,28D,29D,30D,31D,32D. The number of hydrogen-bond acceptors (Lipinski definition) is 0. The van der Waals surface area contributed by atoms with Crippen LogP contribution in [0.3, 0.4) is 0 Å². The third-order valence-corrected chi connectivity index (χ3v) is 8.84. The van der Waals surface area contributed by atoms with E-state index in [1.165, 1.54) is 0 Å². The number of benzene rings is 10. The summed E-state index contributed by atoms with van der Waals surface area (Å²) in [6.07, 6.45) is 0. The fourth-order valence-electron chi connectivity index (χ4n) is 6.58. The van der Waals surface area contributed by atoms with Crippen molar-refractivity contribution < 1.29 is 28.8 Å². The van der Waals surface area contributed by atoms with Gasteiger partial charge in [-0.15, -0.1) is 0 Å². The molecule has 0 spiro atoms. The lowest BCUT2D eigenvalue weighted by Crippen LogP contribution is -1.92. The maximum atomic E-state index is 10.2. The van der Waals surface area contributed by atoms with Crippen LogP contribution >= 0.6 is 0 Å². The van der Waals surface area contributed by atoms with Crippen LogP contribution in [0, 0.1) is 0 Å². The second-order valence-corrected chi connectivity index (χ2v) is 11.6. The van der Waals surface area contributed by atoms with Crippen LogP contribution in [0.25, 0.3) is 98.4 Å². The molecule has 0 saturated carbocycles. The van der Waals surface area contributed by atoms with Gasteiger partial charge in [0.05, 0.1) is 28.8 Å². The van der Waals surface area contributed by atoms with E-state index in [1.807, 2.05) is 42.5 Å². The monoisotopic (exact) mass is 653 g/mol. The number of hydrogen-bond donors (Lipinski definition) is 0. The highest BCUT2D eigenvalue weighted by atomic mass is 14.2. The Hall–Kier alpha value is -6.50. The fraction of sp³-hybridized carbons (Fsp3) is 0. The third kappa shape index (κ3) is 4.61. The first-order chi connectivity index (χ1) is 33.6. The van der Waals surface area contributed by atoms with Gasteiger partial charge < -0.3 is 0 Å². The summed E-state index contributed by atoms with van der Waals surface area (Å²) in [6, 6.07) is 3.52. The second-order valence-electron chi connectivity index (χ2n) is 11.6. The molecular formula is C50H32. The van der Waals surface area contributed by atoms with Crippen molar-refractivity contribution >= 4 is 53.9 Å². The van der Waals surface area contributed by atoms with E-state index in [2.05, 4.69) is 0 Å². The highest BCUT2D eigenvalue weighted by Gasteiger charge is 2.18. The average Bonchev–Trinajstić information content (AvgIpc) is 3.36. The summed E-state index contributed by atoms with van der Waals surface area (Å²) >= 11 is 0. The summed E-state index contributed by atoms with van der Waals surface area (Å²) in [7, 11) is 0. The Kier molecular flexibility index (Phi) is 3.37. The zero-order chi connectivity index (χ0) is 51.3. The lowest BCUT2D eigenvalue weighted by atomic mass is 9.84. The minimum absolute atomic E-state index is 0.110. The number of rotatable bonds is 4. The molecule has 0 N–H and O–H groups in total. The van der Waals surface area contributed by atoms with Crippen LogP contribution in [0.1, 0.15) is 28.8 Å². The first kappa shape index (κ1) is 14.5. The van der Waals surface area contributed by atoms with Crippen LogP contribution in [0.5, 0.6) is 0 Å². The second kappa shape index (κ2) is 11.6. The minimum atomic E-state index is -0.870. The van der Waals surface area contributed by atoms with Crippen molar-refractivity contribution in [2.45, 2.75) is 0 Å². The summed E-state index contributed by atoms with van der Waals surface area (Å²) < 4.78 is 191. The molecule has 0 radical (unpaired) electrons. The van der Waals surface area contributed by atoms with Crippen LogP contribution in [0.2, 0.25) is 0 Å². The Morgan fingerprint density at radius 1 is 0.280 bits per heavy atom. The van der Waals surface area contributed by atoms with Crippen molar-refractivity contribution in [3.63, 3.8) is 0 Å². The molecule has 10 aromatic carbocycles. The Labute approximate surface area is 321 Å². The highest BCUT2D eigenvalue weighted by molar-refractivity contribution is 6.22. The van der Waals surface area contributed by atoms with Gasteiger partial charge >= 0.3 is 0 Å². The molecular weight excluding hydrogens is 601 g/mol. The molecule has 0 aliphatic heterocycles. The highest BCUT2D eigenvalue weighted by Crippen LogP contribution is 2.46. The van der Waals surface area contributed by atoms with Gasteiger partial charge in [-0.2, -0.15) is 0 Å². The molecule has 232 valence electrons. The van der Waals surface area contributed by atoms with E-state index < -0.39 is 181 Å². The molecule has 0 heteroatoms. The topological polar surface area (TPSA) is 0 Å². The molecule has 0 unspecified atom stereocenters. The van der Waals surface area contributed by atoms with E-state index in [0.717, 1.165) is 21.9 Å². The molecule has 0 heterocycles. The van der Waals surface area contributed by atoms with Gasteiger partial charge in [-0.1, -0.05) is 182 Å². The Balaban J connectivity index is 1.49. The zero-order valence-electron chi connectivity index (χ0n) is 46.9.